The van der Waals surface area contributed by atoms with Crippen LogP contribution in [0.25, 0.3) is 10.2 Å². The molecular formula is C11H16N4OS. The Bertz CT molecular complexity index is 499. The van der Waals surface area contributed by atoms with Gasteiger partial charge in [-0.25, -0.2) is 4.98 Å². The molecule has 0 aliphatic carbocycles. The van der Waals surface area contributed by atoms with Crippen LogP contribution in [0.5, 0.6) is 0 Å². The van der Waals surface area contributed by atoms with E-state index in [0.29, 0.717) is 11.9 Å². The minimum Gasteiger partial charge on any atom is -0.384 e. The van der Waals surface area contributed by atoms with Gasteiger partial charge in [-0.3, -0.25) is 0 Å². The van der Waals surface area contributed by atoms with Gasteiger partial charge in [0.1, 0.15) is 10.6 Å². The van der Waals surface area contributed by atoms with E-state index in [1.165, 1.54) is 0 Å². The maximum atomic E-state index is 5.67. The summed E-state index contributed by atoms with van der Waals surface area (Å²) in [7, 11) is 1.70. The van der Waals surface area contributed by atoms with Crippen molar-refractivity contribution in [3.8, 4) is 0 Å². The van der Waals surface area contributed by atoms with Gasteiger partial charge in [-0.2, -0.15) is 4.98 Å². The number of nitrogen functional groups attached to an aromatic ring is 1. The number of ether oxygens (including phenoxy) is 1. The van der Waals surface area contributed by atoms with E-state index in [1.54, 1.807) is 18.4 Å². The molecule has 2 heterocycles. The van der Waals surface area contributed by atoms with Gasteiger partial charge < -0.3 is 15.8 Å². The highest BCUT2D eigenvalue weighted by molar-refractivity contribution is 7.16. The largest absolute Gasteiger partial charge is 0.384 e. The van der Waals surface area contributed by atoms with Crippen molar-refractivity contribution in [2.75, 3.05) is 31.3 Å². The van der Waals surface area contributed by atoms with Crippen molar-refractivity contribution in [3.63, 3.8) is 0 Å². The van der Waals surface area contributed by atoms with Gasteiger partial charge in [0.2, 0.25) is 5.95 Å². The van der Waals surface area contributed by atoms with Gasteiger partial charge in [0.15, 0.2) is 0 Å². The van der Waals surface area contributed by atoms with Crippen molar-refractivity contribution >= 4 is 33.3 Å². The van der Waals surface area contributed by atoms with Gasteiger partial charge in [-0.1, -0.05) is 6.92 Å². The third-order valence-electron chi connectivity index (χ3n) is 2.41. The second-order valence-electron chi connectivity index (χ2n) is 4.01. The van der Waals surface area contributed by atoms with Crippen molar-refractivity contribution in [1.29, 1.82) is 0 Å². The lowest BCUT2D eigenvalue weighted by Gasteiger charge is -2.12. The predicted molar refractivity (Wildman–Crippen MR) is 71.4 cm³/mol. The quantitative estimate of drug-likeness (QED) is 0.851. The monoisotopic (exact) mass is 252 g/mol. The summed E-state index contributed by atoms with van der Waals surface area (Å²) in [6, 6.07) is 2.00. The maximum Gasteiger partial charge on any atom is 0.223 e. The number of aromatic nitrogens is 2. The third kappa shape index (κ3) is 2.83. The van der Waals surface area contributed by atoms with Gasteiger partial charge in [-0.05, 0) is 17.4 Å². The SMILES string of the molecule is COCC(C)CNc1nc(N)nc2sccc12. The summed E-state index contributed by atoms with van der Waals surface area (Å²) in [5.41, 5.74) is 5.67. The van der Waals surface area contributed by atoms with Crippen LogP contribution in [-0.4, -0.2) is 30.2 Å². The molecule has 0 amide bonds. The molecule has 6 heteroatoms. The molecule has 2 aromatic rings. The van der Waals surface area contributed by atoms with Crippen LogP contribution in [0, 0.1) is 5.92 Å². The van der Waals surface area contributed by atoms with E-state index in [1.807, 2.05) is 11.4 Å². The highest BCUT2D eigenvalue weighted by Crippen LogP contribution is 2.25. The lowest BCUT2D eigenvalue weighted by Crippen LogP contribution is -2.16. The Morgan fingerprint density at radius 1 is 1.53 bits per heavy atom. The fourth-order valence-corrected chi connectivity index (χ4v) is 2.39. The summed E-state index contributed by atoms with van der Waals surface area (Å²) in [5.74, 6) is 1.53. The third-order valence-corrected chi connectivity index (χ3v) is 3.22. The van der Waals surface area contributed by atoms with Gasteiger partial charge >= 0.3 is 0 Å². The fraction of sp³-hybridized carbons (Fsp3) is 0.455. The fourth-order valence-electron chi connectivity index (χ4n) is 1.62. The zero-order valence-electron chi connectivity index (χ0n) is 9.93. The number of nitrogens with zero attached hydrogens (tertiary/aromatic N) is 2. The Morgan fingerprint density at radius 3 is 3.12 bits per heavy atom. The lowest BCUT2D eigenvalue weighted by atomic mass is 10.2. The van der Waals surface area contributed by atoms with Crippen LogP contribution in [0.2, 0.25) is 0 Å². The smallest absolute Gasteiger partial charge is 0.223 e. The molecule has 0 aromatic carbocycles. The summed E-state index contributed by atoms with van der Waals surface area (Å²) in [4.78, 5) is 9.32. The van der Waals surface area contributed by atoms with Crippen LogP contribution in [0.4, 0.5) is 11.8 Å². The number of nitrogens with two attached hydrogens (primary N) is 1. The molecule has 0 aliphatic heterocycles. The van der Waals surface area contributed by atoms with Crippen molar-refractivity contribution in [2.45, 2.75) is 6.92 Å². The van der Waals surface area contributed by atoms with Gasteiger partial charge in [0, 0.05) is 13.7 Å². The number of rotatable bonds is 5. The Labute approximate surface area is 104 Å². The molecule has 5 nitrogen and oxygen atoms in total. The van der Waals surface area contributed by atoms with Crippen LogP contribution in [0.3, 0.4) is 0 Å². The average Bonchev–Trinajstić information content (AvgIpc) is 2.74. The molecule has 92 valence electrons. The van der Waals surface area contributed by atoms with Gasteiger partial charge in [0.05, 0.1) is 12.0 Å². The molecule has 0 saturated carbocycles. The maximum absolute atomic E-state index is 5.67. The van der Waals surface area contributed by atoms with Crippen LogP contribution in [0.15, 0.2) is 11.4 Å². The first kappa shape index (κ1) is 12.1. The van der Waals surface area contributed by atoms with E-state index in [4.69, 9.17) is 10.5 Å². The molecule has 0 fully saturated rings. The van der Waals surface area contributed by atoms with Crippen LogP contribution < -0.4 is 11.1 Å². The summed E-state index contributed by atoms with van der Waals surface area (Å²) in [6.45, 7) is 3.64. The Morgan fingerprint density at radius 2 is 2.35 bits per heavy atom. The molecule has 0 spiro atoms. The summed E-state index contributed by atoms with van der Waals surface area (Å²) in [5, 5.41) is 6.31. The number of nitrogens with one attached hydrogen (secondary N) is 1. The number of methoxy groups -OCH3 is 1. The van der Waals surface area contributed by atoms with Crippen LogP contribution >= 0.6 is 11.3 Å². The highest BCUT2D eigenvalue weighted by Gasteiger charge is 2.08. The molecule has 0 saturated heterocycles. The lowest BCUT2D eigenvalue weighted by molar-refractivity contribution is 0.164. The van der Waals surface area contributed by atoms with Gasteiger partial charge in [0.25, 0.3) is 0 Å². The number of hydrogen-bond donors (Lipinski definition) is 2. The number of thiophene rings is 1. The minimum absolute atomic E-state index is 0.307. The topological polar surface area (TPSA) is 73.1 Å². The average molecular weight is 252 g/mol. The highest BCUT2D eigenvalue weighted by atomic mass is 32.1. The first-order chi connectivity index (χ1) is 8.20. The molecular weight excluding hydrogens is 236 g/mol. The number of hydrogen-bond acceptors (Lipinski definition) is 6. The molecule has 0 radical (unpaired) electrons. The zero-order valence-corrected chi connectivity index (χ0v) is 10.8. The second kappa shape index (κ2) is 5.29. The van der Waals surface area contributed by atoms with Crippen molar-refractivity contribution < 1.29 is 4.74 Å². The van der Waals surface area contributed by atoms with Crippen LogP contribution in [-0.2, 0) is 4.74 Å². The molecule has 2 aromatic heterocycles. The van der Waals surface area contributed by atoms with Gasteiger partial charge in [-0.15, -0.1) is 11.3 Å². The normalized spacial score (nSPS) is 12.8. The molecule has 1 unspecified atom stereocenters. The molecule has 0 aliphatic rings. The first-order valence-electron chi connectivity index (χ1n) is 5.44. The molecule has 0 bridgehead atoms. The predicted octanol–water partition coefficient (Wildman–Crippen LogP) is 1.97. The molecule has 2 rings (SSSR count). The summed E-state index contributed by atoms with van der Waals surface area (Å²) >= 11 is 1.56. The van der Waals surface area contributed by atoms with Crippen molar-refractivity contribution in [1.82, 2.24) is 9.97 Å². The van der Waals surface area contributed by atoms with Crippen molar-refractivity contribution in [2.24, 2.45) is 5.92 Å². The second-order valence-corrected chi connectivity index (χ2v) is 4.91. The Balaban J connectivity index is 2.14. The van der Waals surface area contributed by atoms with Crippen LogP contribution in [0.1, 0.15) is 6.92 Å². The van der Waals surface area contributed by atoms with E-state index in [2.05, 4.69) is 22.2 Å². The van der Waals surface area contributed by atoms with E-state index >= 15 is 0 Å². The van der Waals surface area contributed by atoms with E-state index in [0.717, 1.165) is 29.2 Å². The number of fused-ring (bicyclic) bond motifs is 1. The number of anilines is 2. The summed E-state index contributed by atoms with van der Waals surface area (Å²) in [6.07, 6.45) is 0. The van der Waals surface area contributed by atoms with E-state index in [9.17, 15) is 0 Å². The van der Waals surface area contributed by atoms with Crippen molar-refractivity contribution in [3.05, 3.63) is 11.4 Å². The minimum atomic E-state index is 0.307. The summed E-state index contributed by atoms with van der Waals surface area (Å²) < 4.78 is 5.09. The first-order valence-corrected chi connectivity index (χ1v) is 6.32. The standard InChI is InChI=1S/C11H16N4OS/c1-7(6-16-2)5-13-9-8-3-4-17-10(8)15-11(12)14-9/h3-4,7H,5-6H2,1-2H3,(H3,12,13,14,15). The Kier molecular flexibility index (Phi) is 3.75. The molecule has 3 N–H and O–H groups in total. The molecule has 17 heavy (non-hydrogen) atoms. The zero-order chi connectivity index (χ0) is 12.3. The molecule has 1 atom stereocenters. The Hall–Kier alpha value is -1.40. The van der Waals surface area contributed by atoms with E-state index in [-0.39, 0.29) is 0 Å². The van der Waals surface area contributed by atoms with E-state index < -0.39 is 0 Å².